The smallest absolute Gasteiger partial charge is 0.253 e. The third-order valence-electron chi connectivity index (χ3n) is 6.01. The summed E-state index contributed by atoms with van der Waals surface area (Å²) in [6, 6.07) is 16.3. The van der Waals surface area contributed by atoms with E-state index in [-0.39, 0.29) is 24.3 Å². The molecule has 0 radical (unpaired) electrons. The second-order valence-corrected chi connectivity index (χ2v) is 9.22. The molecule has 1 aliphatic carbocycles. The van der Waals surface area contributed by atoms with Crippen LogP contribution in [0, 0.1) is 5.92 Å². The van der Waals surface area contributed by atoms with Crippen molar-refractivity contribution in [2.75, 3.05) is 5.32 Å². The summed E-state index contributed by atoms with van der Waals surface area (Å²) in [5.74, 6) is 2.31. The van der Waals surface area contributed by atoms with Crippen LogP contribution in [0.25, 0.3) is 10.9 Å². The number of amides is 1. The molecule has 5 rings (SSSR count). The van der Waals surface area contributed by atoms with E-state index in [4.69, 9.17) is 32.4 Å². The maximum absolute atomic E-state index is 12.8. The molecule has 1 fully saturated rings. The summed E-state index contributed by atoms with van der Waals surface area (Å²) in [6.45, 7) is 0.192. The van der Waals surface area contributed by atoms with Crippen LogP contribution in [0.1, 0.15) is 43.4 Å². The predicted octanol–water partition coefficient (Wildman–Crippen LogP) is 6.42. The summed E-state index contributed by atoms with van der Waals surface area (Å²) in [7, 11) is 0. The Hall–Kier alpha value is -3.16. The number of carbonyl (C=O) groups excluding carboxylic acids is 1. The van der Waals surface area contributed by atoms with Gasteiger partial charge >= 0.3 is 0 Å². The van der Waals surface area contributed by atoms with E-state index in [1.54, 1.807) is 36.4 Å². The minimum atomic E-state index is -0.0744. The SMILES string of the molecule is O=C(Nc1ccc2cc(Cl)ccc2n1)C1CCC(c2nnc(COc3ccc(Cl)cc3)o2)CC1. The van der Waals surface area contributed by atoms with Gasteiger partial charge < -0.3 is 14.5 Å². The van der Waals surface area contributed by atoms with Gasteiger partial charge in [0.15, 0.2) is 6.61 Å². The molecule has 0 saturated heterocycles. The van der Waals surface area contributed by atoms with Crippen LogP contribution < -0.4 is 10.1 Å². The Morgan fingerprint density at radius 3 is 2.53 bits per heavy atom. The largest absolute Gasteiger partial charge is 0.484 e. The average Bonchev–Trinajstić information content (AvgIpc) is 3.33. The number of hydrogen-bond acceptors (Lipinski definition) is 6. The number of rotatable bonds is 6. The maximum atomic E-state index is 12.8. The van der Waals surface area contributed by atoms with Gasteiger partial charge in [-0.25, -0.2) is 4.98 Å². The van der Waals surface area contributed by atoms with Crippen molar-refractivity contribution in [1.29, 1.82) is 0 Å². The molecular weight excluding hydrogens is 475 g/mol. The Bertz CT molecular complexity index is 1300. The van der Waals surface area contributed by atoms with E-state index in [1.165, 1.54) is 0 Å². The number of aromatic nitrogens is 3. The molecule has 9 heteroatoms. The number of pyridine rings is 1. The Morgan fingerprint density at radius 1 is 0.971 bits per heavy atom. The number of fused-ring (bicyclic) bond motifs is 1. The molecule has 1 saturated carbocycles. The number of benzene rings is 2. The molecule has 1 aliphatic rings. The van der Waals surface area contributed by atoms with E-state index >= 15 is 0 Å². The number of anilines is 1. The fourth-order valence-electron chi connectivity index (χ4n) is 4.16. The summed E-state index contributed by atoms with van der Waals surface area (Å²) in [5.41, 5.74) is 0.790. The number of nitrogens with one attached hydrogen (secondary N) is 1. The molecule has 1 N–H and O–H groups in total. The van der Waals surface area contributed by atoms with Crippen molar-refractivity contribution in [3.8, 4) is 5.75 Å². The van der Waals surface area contributed by atoms with Crippen LogP contribution >= 0.6 is 23.2 Å². The van der Waals surface area contributed by atoms with Gasteiger partial charge in [0.1, 0.15) is 11.6 Å². The van der Waals surface area contributed by atoms with E-state index < -0.39 is 0 Å². The zero-order valence-electron chi connectivity index (χ0n) is 18.2. The monoisotopic (exact) mass is 496 g/mol. The topological polar surface area (TPSA) is 90.1 Å². The quantitative estimate of drug-likeness (QED) is 0.331. The van der Waals surface area contributed by atoms with Crippen molar-refractivity contribution in [3.05, 3.63) is 76.4 Å². The van der Waals surface area contributed by atoms with Crippen LogP contribution in [-0.2, 0) is 11.4 Å². The molecular formula is C25H22Cl2N4O3. The predicted molar refractivity (Wildman–Crippen MR) is 130 cm³/mol. The lowest BCUT2D eigenvalue weighted by atomic mass is 9.81. The third kappa shape index (κ3) is 5.32. The van der Waals surface area contributed by atoms with Gasteiger partial charge in [0.25, 0.3) is 5.89 Å². The zero-order chi connectivity index (χ0) is 23.5. The lowest BCUT2D eigenvalue weighted by Crippen LogP contribution is -2.27. The van der Waals surface area contributed by atoms with Gasteiger partial charge in [0.2, 0.25) is 11.8 Å². The van der Waals surface area contributed by atoms with Crippen LogP contribution in [0.5, 0.6) is 5.75 Å². The van der Waals surface area contributed by atoms with Gasteiger partial charge in [-0.05, 0) is 80.3 Å². The highest BCUT2D eigenvalue weighted by Gasteiger charge is 2.30. The number of nitrogens with zero attached hydrogens (tertiary/aromatic N) is 3. The molecule has 2 heterocycles. The van der Waals surface area contributed by atoms with Crippen molar-refractivity contribution in [2.45, 2.75) is 38.2 Å². The fourth-order valence-corrected chi connectivity index (χ4v) is 4.47. The highest BCUT2D eigenvalue weighted by molar-refractivity contribution is 6.31. The first-order chi connectivity index (χ1) is 16.5. The molecule has 34 heavy (non-hydrogen) atoms. The summed E-state index contributed by atoms with van der Waals surface area (Å²) in [6.07, 6.45) is 3.11. The lowest BCUT2D eigenvalue weighted by molar-refractivity contribution is -0.120. The van der Waals surface area contributed by atoms with Gasteiger partial charge in [-0.15, -0.1) is 10.2 Å². The first-order valence-electron chi connectivity index (χ1n) is 11.1. The summed E-state index contributed by atoms with van der Waals surface area (Å²) >= 11 is 11.9. The van der Waals surface area contributed by atoms with Gasteiger partial charge in [-0.2, -0.15) is 0 Å². The molecule has 2 aromatic heterocycles. The van der Waals surface area contributed by atoms with Gasteiger partial charge in [0.05, 0.1) is 5.52 Å². The van der Waals surface area contributed by atoms with Gasteiger partial charge in [-0.1, -0.05) is 23.2 Å². The van der Waals surface area contributed by atoms with E-state index in [2.05, 4.69) is 20.5 Å². The number of carbonyl (C=O) groups is 1. The summed E-state index contributed by atoms with van der Waals surface area (Å²) in [5, 5.41) is 13.5. The molecule has 0 bridgehead atoms. The van der Waals surface area contributed by atoms with Crippen molar-refractivity contribution in [2.24, 2.45) is 5.92 Å². The highest BCUT2D eigenvalue weighted by Crippen LogP contribution is 2.36. The fraction of sp³-hybridized carbons (Fsp3) is 0.280. The molecule has 174 valence electrons. The summed E-state index contributed by atoms with van der Waals surface area (Å²) < 4.78 is 11.5. The molecule has 0 aliphatic heterocycles. The second kappa shape index (κ2) is 9.99. The second-order valence-electron chi connectivity index (χ2n) is 8.35. The highest BCUT2D eigenvalue weighted by atomic mass is 35.5. The number of hydrogen-bond donors (Lipinski definition) is 1. The van der Waals surface area contributed by atoms with Crippen LogP contribution in [0.15, 0.2) is 59.0 Å². The van der Waals surface area contributed by atoms with Crippen molar-refractivity contribution >= 4 is 45.8 Å². The normalized spacial score (nSPS) is 18.1. The molecule has 1 amide bonds. The van der Waals surface area contributed by atoms with E-state index in [0.717, 1.165) is 36.6 Å². The molecule has 2 aromatic carbocycles. The van der Waals surface area contributed by atoms with Crippen LogP contribution in [0.4, 0.5) is 5.82 Å². The van der Waals surface area contributed by atoms with Crippen molar-refractivity contribution in [1.82, 2.24) is 15.2 Å². The standard InChI is InChI=1S/C25H22Cl2N4O3/c26-18-6-9-20(10-7-18)33-14-23-30-31-25(34-23)16-3-1-15(2-4-16)24(32)29-22-12-5-17-13-19(27)8-11-21(17)28-22/h5-13,15-16H,1-4,14H2,(H,28,29,32). The van der Waals surface area contributed by atoms with Crippen LogP contribution in [0.3, 0.4) is 0 Å². The third-order valence-corrected chi connectivity index (χ3v) is 6.50. The Morgan fingerprint density at radius 2 is 1.74 bits per heavy atom. The first-order valence-corrected chi connectivity index (χ1v) is 11.9. The number of halogens is 2. The minimum absolute atomic E-state index is 0.0122. The molecule has 4 aromatic rings. The first kappa shape index (κ1) is 22.6. The maximum Gasteiger partial charge on any atom is 0.253 e. The Kier molecular flexibility index (Phi) is 6.65. The van der Waals surface area contributed by atoms with Gasteiger partial charge in [0, 0.05) is 27.3 Å². The van der Waals surface area contributed by atoms with E-state index in [9.17, 15) is 4.79 Å². The minimum Gasteiger partial charge on any atom is -0.484 e. The van der Waals surface area contributed by atoms with Crippen molar-refractivity contribution < 1.29 is 13.9 Å². The van der Waals surface area contributed by atoms with Crippen LogP contribution in [-0.4, -0.2) is 21.1 Å². The van der Waals surface area contributed by atoms with E-state index in [1.807, 2.05) is 18.2 Å². The Labute approximate surface area is 206 Å². The van der Waals surface area contributed by atoms with Crippen molar-refractivity contribution in [3.63, 3.8) is 0 Å². The van der Waals surface area contributed by atoms with E-state index in [0.29, 0.717) is 33.4 Å². The molecule has 0 spiro atoms. The van der Waals surface area contributed by atoms with Gasteiger partial charge in [-0.3, -0.25) is 4.79 Å². The molecule has 7 nitrogen and oxygen atoms in total. The molecule has 0 atom stereocenters. The van der Waals surface area contributed by atoms with Crippen LogP contribution in [0.2, 0.25) is 10.0 Å². The summed E-state index contributed by atoms with van der Waals surface area (Å²) in [4.78, 5) is 17.3. The lowest BCUT2D eigenvalue weighted by Gasteiger charge is -2.25. The Balaban J connectivity index is 1.13. The number of ether oxygens (including phenoxy) is 1. The molecule has 0 unspecified atom stereocenters. The zero-order valence-corrected chi connectivity index (χ0v) is 19.7. The average molecular weight is 497 g/mol.